The number of hydrogen-bond acceptors (Lipinski definition) is 4. The Kier molecular flexibility index (Phi) is 3.29. The molecule has 2 rings (SSSR count). The van der Waals surface area contributed by atoms with Crippen molar-refractivity contribution in [2.24, 2.45) is 11.1 Å². The normalized spacial score (nSPS) is 11.5. The van der Waals surface area contributed by atoms with Crippen LogP contribution in [-0.4, -0.2) is 22.5 Å². The number of phenols is 1. The van der Waals surface area contributed by atoms with Crippen LogP contribution in [0.15, 0.2) is 30.5 Å². The van der Waals surface area contributed by atoms with Gasteiger partial charge in [-0.2, -0.15) is 0 Å². The lowest BCUT2D eigenvalue weighted by atomic mass is 9.93. The second-order valence-electron chi connectivity index (χ2n) is 5.17. The number of pyridine rings is 1. The number of nitrogens with zero attached hydrogens (tertiary/aromatic N) is 1. The van der Waals surface area contributed by atoms with Crippen molar-refractivity contribution < 1.29 is 9.90 Å². The predicted molar refractivity (Wildman–Crippen MR) is 74.9 cm³/mol. The number of primary amides is 1. The summed E-state index contributed by atoms with van der Waals surface area (Å²) in [7, 11) is 0. The van der Waals surface area contributed by atoms with Crippen molar-refractivity contribution in [1.29, 1.82) is 0 Å². The van der Waals surface area contributed by atoms with Crippen LogP contribution in [0.2, 0.25) is 0 Å². The molecule has 1 aromatic carbocycles. The Morgan fingerprint density at radius 1 is 1.42 bits per heavy atom. The molecule has 0 radical (unpaired) electrons. The maximum Gasteiger partial charge on any atom is 0.224 e. The molecular weight excluding hydrogens is 242 g/mol. The maximum atomic E-state index is 11.3. The standard InChI is InChI=1S/C14H17N3O2/c1-14(2,13(15)19)8-17-12-11-7-10(18)4-3-9(11)5-6-16-12/h3-7,18H,8H2,1-2H3,(H2,15,19)(H,16,17). The van der Waals surface area contributed by atoms with Gasteiger partial charge in [0.1, 0.15) is 11.6 Å². The molecule has 0 atom stereocenters. The van der Waals surface area contributed by atoms with E-state index < -0.39 is 5.41 Å². The van der Waals surface area contributed by atoms with Gasteiger partial charge in [-0.05, 0) is 37.4 Å². The number of nitrogens with one attached hydrogen (secondary N) is 1. The van der Waals surface area contributed by atoms with Gasteiger partial charge < -0.3 is 16.2 Å². The van der Waals surface area contributed by atoms with Crippen LogP contribution in [0.5, 0.6) is 5.75 Å². The van der Waals surface area contributed by atoms with E-state index in [-0.39, 0.29) is 11.7 Å². The first kappa shape index (κ1) is 13.1. The number of aromatic nitrogens is 1. The first-order valence-electron chi connectivity index (χ1n) is 6.02. The number of amides is 1. The van der Waals surface area contributed by atoms with Gasteiger partial charge in [-0.3, -0.25) is 4.79 Å². The predicted octanol–water partition coefficient (Wildman–Crippen LogP) is 1.86. The zero-order chi connectivity index (χ0) is 14.0. The molecule has 0 fully saturated rings. The number of phenolic OH excluding ortho intramolecular Hbond substituents is 1. The molecule has 2 aromatic rings. The highest BCUT2D eigenvalue weighted by atomic mass is 16.3. The Balaban J connectivity index is 2.31. The van der Waals surface area contributed by atoms with Gasteiger partial charge in [-0.15, -0.1) is 0 Å². The van der Waals surface area contributed by atoms with E-state index in [4.69, 9.17) is 5.73 Å². The molecular formula is C14H17N3O2. The number of fused-ring (bicyclic) bond motifs is 1. The number of aromatic hydroxyl groups is 1. The summed E-state index contributed by atoms with van der Waals surface area (Å²) in [5, 5.41) is 14.4. The number of carbonyl (C=O) groups excluding carboxylic acids is 1. The monoisotopic (exact) mass is 259 g/mol. The molecule has 0 spiro atoms. The molecule has 100 valence electrons. The largest absolute Gasteiger partial charge is 0.508 e. The molecule has 1 aromatic heterocycles. The molecule has 1 heterocycles. The lowest BCUT2D eigenvalue weighted by Crippen LogP contribution is -2.37. The summed E-state index contributed by atoms with van der Waals surface area (Å²) in [5.41, 5.74) is 4.67. The summed E-state index contributed by atoms with van der Waals surface area (Å²) in [6.07, 6.45) is 1.68. The zero-order valence-corrected chi connectivity index (χ0v) is 11.0. The van der Waals surface area contributed by atoms with Crippen LogP contribution < -0.4 is 11.1 Å². The number of rotatable bonds is 4. The highest BCUT2D eigenvalue weighted by Gasteiger charge is 2.24. The summed E-state index contributed by atoms with van der Waals surface area (Å²) in [5.74, 6) is 0.434. The Labute approximate surface area is 111 Å². The van der Waals surface area contributed by atoms with Gasteiger partial charge in [0.25, 0.3) is 0 Å². The second kappa shape index (κ2) is 4.76. The fraction of sp³-hybridized carbons (Fsp3) is 0.286. The molecule has 19 heavy (non-hydrogen) atoms. The van der Waals surface area contributed by atoms with Gasteiger partial charge in [0.2, 0.25) is 5.91 Å². The van der Waals surface area contributed by atoms with Gasteiger partial charge in [0, 0.05) is 18.1 Å². The molecule has 0 unspecified atom stereocenters. The molecule has 4 N–H and O–H groups in total. The minimum atomic E-state index is -0.666. The quantitative estimate of drug-likeness (QED) is 0.782. The highest BCUT2D eigenvalue weighted by Crippen LogP contribution is 2.26. The van der Waals surface area contributed by atoms with Gasteiger partial charge in [-0.1, -0.05) is 6.07 Å². The van der Waals surface area contributed by atoms with E-state index in [0.717, 1.165) is 10.8 Å². The van der Waals surface area contributed by atoms with Crippen LogP contribution in [0.25, 0.3) is 10.8 Å². The third-order valence-corrected chi connectivity index (χ3v) is 3.11. The van der Waals surface area contributed by atoms with Crippen molar-refractivity contribution in [3.8, 4) is 5.75 Å². The number of hydrogen-bond donors (Lipinski definition) is 3. The lowest BCUT2D eigenvalue weighted by molar-refractivity contribution is -0.125. The van der Waals surface area contributed by atoms with E-state index in [0.29, 0.717) is 12.4 Å². The van der Waals surface area contributed by atoms with E-state index >= 15 is 0 Å². The SMILES string of the molecule is CC(C)(CNc1nccc2ccc(O)cc12)C(N)=O. The highest BCUT2D eigenvalue weighted by molar-refractivity contribution is 5.93. The Hall–Kier alpha value is -2.30. The third-order valence-electron chi connectivity index (χ3n) is 3.11. The average Bonchev–Trinajstić information content (AvgIpc) is 2.36. The first-order valence-corrected chi connectivity index (χ1v) is 6.02. The summed E-state index contributed by atoms with van der Waals surface area (Å²) < 4.78 is 0. The van der Waals surface area contributed by atoms with Crippen LogP contribution in [-0.2, 0) is 4.79 Å². The Bertz CT molecular complexity index is 623. The molecule has 1 amide bonds. The van der Waals surface area contributed by atoms with Crippen LogP contribution in [0.1, 0.15) is 13.8 Å². The van der Waals surface area contributed by atoms with Crippen LogP contribution in [0.4, 0.5) is 5.82 Å². The average molecular weight is 259 g/mol. The molecule has 5 heteroatoms. The van der Waals surface area contributed by atoms with Crippen LogP contribution in [0, 0.1) is 5.41 Å². The zero-order valence-electron chi connectivity index (χ0n) is 11.0. The maximum absolute atomic E-state index is 11.3. The number of benzene rings is 1. The molecule has 0 bridgehead atoms. The summed E-state index contributed by atoms with van der Waals surface area (Å²) in [6, 6.07) is 6.94. The van der Waals surface area contributed by atoms with Crippen molar-refractivity contribution in [2.75, 3.05) is 11.9 Å². The lowest BCUT2D eigenvalue weighted by Gasteiger charge is -2.21. The fourth-order valence-corrected chi connectivity index (χ4v) is 1.69. The smallest absolute Gasteiger partial charge is 0.224 e. The topological polar surface area (TPSA) is 88.2 Å². The third kappa shape index (κ3) is 2.76. The Morgan fingerprint density at radius 2 is 2.16 bits per heavy atom. The van der Waals surface area contributed by atoms with Crippen LogP contribution >= 0.6 is 0 Å². The molecule has 0 aliphatic rings. The molecule has 0 saturated carbocycles. The summed E-state index contributed by atoms with van der Waals surface area (Å²) in [4.78, 5) is 15.5. The molecule has 5 nitrogen and oxygen atoms in total. The molecule has 0 saturated heterocycles. The van der Waals surface area contributed by atoms with E-state index in [2.05, 4.69) is 10.3 Å². The summed E-state index contributed by atoms with van der Waals surface area (Å²) >= 11 is 0. The van der Waals surface area contributed by atoms with Crippen molar-refractivity contribution in [2.45, 2.75) is 13.8 Å². The summed E-state index contributed by atoms with van der Waals surface area (Å²) in [6.45, 7) is 3.92. The molecule has 0 aliphatic heterocycles. The van der Waals surface area contributed by atoms with Crippen molar-refractivity contribution >= 4 is 22.5 Å². The first-order chi connectivity index (χ1) is 8.90. The van der Waals surface area contributed by atoms with E-state index in [9.17, 15) is 9.90 Å². The van der Waals surface area contributed by atoms with E-state index in [1.165, 1.54) is 0 Å². The van der Waals surface area contributed by atoms with Crippen LogP contribution in [0.3, 0.4) is 0 Å². The van der Waals surface area contributed by atoms with Crippen molar-refractivity contribution in [3.05, 3.63) is 30.5 Å². The second-order valence-corrected chi connectivity index (χ2v) is 5.17. The number of anilines is 1. The number of nitrogens with two attached hydrogens (primary N) is 1. The molecule has 0 aliphatic carbocycles. The van der Waals surface area contributed by atoms with Gasteiger partial charge in [0.05, 0.1) is 5.41 Å². The van der Waals surface area contributed by atoms with Gasteiger partial charge >= 0.3 is 0 Å². The van der Waals surface area contributed by atoms with Gasteiger partial charge in [-0.25, -0.2) is 4.98 Å². The van der Waals surface area contributed by atoms with Gasteiger partial charge in [0.15, 0.2) is 0 Å². The van der Waals surface area contributed by atoms with Crippen molar-refractivity contribution in [1.82, 2.24) is 4.98 Å². The minimum Gasteiger partial charge on any atom is -0.508 e. The fourth-order valence-electron chi connectivity index (χ4n) is 1.69. The minimum absolute atomic E-state index is 0.178. The number of carbonyl (C=O) groups is 1. The van der Waals surface area contributed by atoms with E-state index in [1.54, 1.807) is 32.2 Å². The van der Waals surface area contributed by atoms with E-state index in [1.807, 2.05) is 12.1 Å². The Morgan fingerprint density at radius 3 is 2.84 bits per heavy atom. The van der Waals surface area contributed by atoms with Crippen molar-refractivity contribution in [3.63, 3.8) is 0 Å².